The van der Waals surface area contributed by atoms with Crippen molar-refractivity contribution in [1.29, 1.82) is 0 Å². The summed E-state index contributed by atoms with van der Waals surface area (Å²) in [5.74, 6) is -0.758. The number of amides is 2. The van der Waals surface area contributed by atoms with E-state index in [-0.39, 0.29) is 18.0 Å². The molecule has 0 saturated carbocycles. The summed E-state index contributed by atoms with van der Waals surface area (Å²) >= 11 is 0. The summed E-state index contributed by atoms with van der Waals surface area (Å²) in [6.45, 7) is 7.77. The highest BCUT2D eigenvalue weighted by atomic mass is 16.4. The number of nitrogens with zero attached hydrogens (tertiary/aromatic N) is 2. The fraction of sp³-hybridized carbons (Fsp3) is 0.846. The van der Waals surface area contributed by atoms with Crippen LogP contribution in [-0.4, -0.2) is 66.2 Å². The van der Waals surface area contributed by atoms with Crippen LogP contribution in [0.4, 0.5) is 4.79 Å². The minimum absolute atomic E-state index is 0.0189. The zero-order chi connectivity index (χ0) is 15.4. The van der Waals surface area contributed by atoms with Gasteiger partial charge in [-0.15, -0.1) is 0 Å². The Morgan fingerprint density at radius 3 is 2.00 bits per heavy atom. The predicted molar refractivity (Wildman–Crippen MR) is 75.2 cm³/mol. The summed E-state index contributed by atoms with van der Waals surface area (Å²) in [6, 6.07) is -0.387. The average Bonchev–Trinajstić information content (AvgIpc) is 2.25. The van der Waals surface area contributed by atoms with E-state index in [1.54, 1.807) is 0 Å². The highest BCUT2D eigenvalue weighted by Crippen LogP contribution is 2.13. The molecule has 0 aromatic rings. The van der Waals surface area contributed by atoms with Crippen LogP contribution in [0.3, 0.4) is 0 Å². The van der Waals surface area contributed by atoms with Gasteiger partial charge in [-0.1, -0.05) is 13.8 Å². The molecule has 0 fully saturated rings. The molecule has 0 rings (SSSR count). The maximum Gasteiger partial charge on any atom is 0.329 e. The first kappa shape index (κ1) is 17.7. The molecule has 1 atom stereocenters. The Kier molecular flexibility index (Phi) is 6.29. The molecule has 0 saturated heterocycles. The van der Waals surface area contributed by atoms with Crippen LogP contribution in [0.1, 0.15) is 27.7 Å². The third-order valence-corrected chi connectivity index (χ3v) is 3.34. The Morgan fingerprint density at radius 2 is 1.68 bits per heavy atom. The van der Waals surface area contributed by atoms with Crippen molar-refractivity contribution in [3.8, 4) is 0 Å². The molecule has 0 aliphatic rings. The van der Waals surface area contributed by atoms with Crippen LogP contribution in [0.2, 0.25) is 0 Å². The van der Waals surface area contributed by atoms with Crippen LogP contribution < -0.4 is 5.32 Å². The van der Waals surface area contributed by atoms with E-state index < -0.39 is 11.5 Å². The maximum atomic E-state index is 12.1. The number of carboxylic acids is 1. The molecule has 1 unspecified atom stereocenters. The van der Waals surface area contributed by atoms with Gasteiger partial charge in [0.05, 0.1) is 0 Å². The van der Waals surface area contributed by atoms with Crippen LogP contribution in [0.25, 0.3) is 0 Å². The van der Waals surface area contributed by atoms with Crippen molar-refractivity contribution in [2.24, 2.45) is 5.92 Å². The van der Waals surface area contributed by atoms with Crippen LogP contribution in [-0.2, 0) is 4.79 Å². The minimum Gasteiger partial charge on any atom is -0.480 e. The lowest BCUT2D eigenvalue weighted by Gasteiger charge is -2.34. The van der Waals surface area contributed by atoms with Crippen LogP contribution >= 0.6 is 0 Å². The number of aliphatic carboxylic acids is 1. The van der Waals surface area contributed by atoms with E-state index in [9.17, 15) is 9.59 Å². The molecule has 0 aromatic carbocycles. The molecule has 6 nitrogen and oxygen atoms in total. The van der Waals surface area contributed by atoms with E-state index in [2.05, 4.69) is 5.32 Å². The Balaban J connectivity index is 4.78. The normalized spacial score (nSPS) is 13.5. The van der Waals surface area contributed by atoms with Crippen molar-refractivity contribution in [2.75, 3.05) is 27.7 Å². The van der Waals surface area contributed by atoms with E-state index >= 15 is 0 Å². The van der Waals surface area contributed by atoms with E-state index in [4.69, 9.17) is 5.11 Å². The van der Waals surface area contributed by atoms with Gasteiger partial charge in [-0.25, -0.2) is 9.59 Å². The zero-order valence-electron chi connectivity index (χ0n) is 13.0. The molecule has 0 aliphatic heterocycles. The van der Waals surface area contributed by atoms with Gasteiger partial charge in [0.1, 0.15) is 5.54 Å². The van der Waals surface area contributed by atoms with Gasteiger partial charge in [0.15, 0.2) is 0 Å². The molecule has 0 aromatic heterocycles. The van der Waals surface area contributed by atoms with Gasteiger partial charge < -0.3 is 20.2 Å². The third-order valence-electron chi connectivity index (χ3n) is 3.34. The summed E-state index contributed by atoms with van der Waals surface area (Å²) in [4.78, 5) is 26.5. The monoisotopic (exact) mass is 273 g/mol. The number of hydrogen-bond donors (Lipinski definition) is 2. The van der Waals surface area contributed by atoms with E-state index in [1.807, 2.05) is 32.8 Å². The Hall–Kier alpha value is -1.30. The standard InChI is InChI=1S/C13H27N3O3/c1-9(2)10(8-15(5)6)14-12(19)16(7)13(3,4)11(17)18/h9-10H,8H2,1-7H3,(H,14,19)(H,17,18). The predicted octanol–water partition coefficient (Wildman–Crippen LogP) is 1.08. The topological polar surface area (TPSA) is 72.9 Å². The maximum absolute atomic E-state index is 12.1. The van der Waals surface area contributed by atoms with Gasteiger partial charge in [0.2, 0.25) is 0 Å². The molecule has 0 spiro atoms. The molecule has 0 aliphatic carbocycles. The number of carboxylic acid groups (broad SMARTS) is 1. The van der Waals surface area contributed by atoms with E-state index in [1.165, 1.54) is 25.8 Å². The summed E-state index contributed by atoms with van der Waals surface area (Å²) < 4.78 is 0. The van der Waals surface area contributed by atoms with E-state index in [0.29, 0.717) is 6.54 Å². The van der Waals surface area contributed by atoms with E-state index in [0.717, 1.165) is 0 Å². The molecule has 2 N–H and O–H groups in total. The quantitative estimate of drug-likeness (QED) is 0.759. The first-order valence-electron chi connectivity index (χ1n) is 6.42. The van der Waals surface area contributed by atoms with Crippen molar-refractivity contribution in [2.45, 2.75) is 39.3 Å². The Bertz CT molecular complexity index is 327. The highest BCUT2D eigenvalue weighted by Gasteiger charge is 2.36. The second-order valence-corrected chi connectivity index (χ2v) is 5.99. The first-order valence-corrected chi connectivity index (χ1v) is 6.42. The molecule has 6 heteroatoms. The van der Waals surface area contributed by atoms with Crippen LogP contribution in [0.5, 0.6) is 0 Å². The first-order chi connectivity index (χ1) is 8.50. The molecule has 112 valence electrons. The Morgan fingerprint density at radius 1 is 1.21 bits per heavy atom. The van der Waals surface area contributed by atoms with Gasteiger partial charge in [0.25, 0.3) is 0 Å². The number of rotatable bonds is 6. The molecule has 0 radical (unpaired) electrons. The lowest BCUT2D eigenvalue weighted by molar-refractivity contribution is -0.146. The van der Waals surface area contributed by atoms with Gasteiger partial charge >= 0.3 is 12.0 Å². The number of likely N-dealkylation sites (N-methyl/N-ethyl adjacent to an activating group) is 2. The lowest BCUT2D eigenvalue weighted by atomic mass is 10.0. The minimum atomic E-state index is -1.23. The number of carbonyl (C=O) groups is 2. The van der Waals surface area contributed by atoms with Crippen LogP contribution in [0, 0.1) is 5.92 Å². The number of carbonyl (C=O) groups excluding carboxylic acids is 1. The smallest absolute Gasteiger partial charge is 0.329 e. The summed E-state index contributed by atoms with van der Waals surface area (Å²) in [6.07, 6.45) is 0. The largest absolute Gasteiger partial charge is 0.480 e. The van der Waals surface area contributed by atoms with Gasteiger partial charge in [-0.3, -0.25) is 0 Å². The van der Waals surface area contributed by atoms with Crippen molar-refractivity contribution >= 4 is 12.0 Å². The van der Waals surface area contributed by atoms with Crippen molar-refractivity contribution in [1.82, 2.24) is 15.1 Å². The summed E-state index contributed by atoms with van der Waals surface area (Å²) in [5.41, 5.74) is -1.23. The second kappa shape index (κ2) is 6.75. The lowest BCUT2D eigenvalue weighted by Crippen LogP contribution is -2.57. The zero-order valence-corrected chi connectivity index (χ0v) is 13.0. The van der Waals surface area contributed by atoms with Crippen LogP contribution in [0.15, 0.2) is 0 Å². The van der Waals surface area contributed by atoms with Gasteiger partial charge in [-0.05, 0) is 33.9 Å². The SMILES string of the molecule is CC(C)C(CN(C)C)NC(=O)N(C)C(C)(C)C(=O)O. The number of nitrogens with one attached hydrogen (secondary N) is 1. The average molecular weight is 273 g/mol. The second-order valence-electron chi connectivity index (χ2n) is 5.99. The molecular formula is C13H27N3O3. The third kappa shape index (κ3) is 5.06. The molecule has 0 heterocycles. The summed E-state index contributed by atoms with van der Waals surface area (Å²) in [5, 5.41) is 12.0. The molecular weight excluding hydrogens is 246 g/mol. The Labute approximate surface area is 115 Å². The van der Waals surface area contributed by atoms with Crippen molar-refractivity contribution in [3.05, 3.63) is 0 Å². The fourth-order valence-electron chi connectivity index (χ4n) is 1.47. The molecule has 0 bridgehead atoms. The number of hydrogen-bond acceptors (Lipinski definition) is 3. The number of urea groups is 1. The van der Waals surface area contributed by atoms with Gasteiger partial charge in [0, 0.05) is 19.6 Å². The molecule has 19 heavy (non-hydrogen) atoms. The van der Waals surface area contributed by atoms with Crippen molar-refractivity contribution < 1.29 is 14.7 Å². The fourth-order valence-corrected chi connectivity index (χ4v) is 1.47. The van der Waals surface area contributed by atoms with Crippen molar-refractivity contribution in [3.63, 3.8) is 0 Å². The molecule has 2 amide bonds. The summed E-state index contributed by atoms with van der Waals surface area (Å²) in [7, 11) is 5.37. The highest BCUT2D eigenvalue weighted by molar-refractivity contribution is 5.85. The van der Waals surface area contributed by atoms with Gasteiger partial charge in [-0.2, -0.15) is 0 Å².